The monoisotopic (exact) mass is 288 g/mol. The minimum atomic E-state index is 0.186. The van der Waals surface area contributed by atoms with Gasteiger partial charge in [-0.1, -0.05) is 6.07 Å². The molecule has 21 heavy (non-hydrogen) atoms. The van der Waals surface area contributed by atoms with Gasteiger partial charge in [0.15, 0.2) is 0 Å². The van der Waals surface area contributed by atoms with Crippen molar-refractivity contribution in [2.45, 2.75) is 44.7 Å². The van der Waals surface area contributed by atoms with Gasteiger partial charge in [-0.15, -0.1) is 0 Å². The summed E-state index contributed by atoms with van der Waals surface area (Å²) in [4.78, 5) is 9.73. The van der Waals surface area contributed by atoms with Gasteiger partial charge in [-0.25, -0.2) is 4.98 Å². The highest BCUT2D eigenvalue weighted by Crippen LogP contribution is 2.32. The summed E-state index contributed by atoms with van der Waals surface area (Å²) >= 11 is 0. The lowest BCUT2D eigenvalue weighted by Gasteiger charge is -2.46. The molecule has 2 N–H and O–H groups in total. The third-order valence-electron chi connectivity index (χ3n) is 5.05. The summed E-state index contributed by atoms with van der Waals surface area (Å²) in [6.45, 7) is 5.60. The van der Waals surface area contributed by atoms with E-state index in [9.17, 15) is 0 Å². The number of fused-ring (bicyclic) bond motifs is 1. The zero-order chi connectivity index (χ0) is 14.8. The molecule has 0 saturated carbocycles. The van der Waals surface area contributed by atoms with Gasteiger partial charge in [0.2, 0.25) is 0 Å². The van der Waals surface area contributed by atoms with Crippen LogP contribution in [0.2, 0.25) is 0 Å². The van der Waals surface area contributed by atoms with Crippen LogP contribution in [-0.4, -0.2) is 48.6 Å². The Morgan fingerprint density at radius 2 is 2.24 bits per heavy atom. The topological polar surface area (TPSA) is 45.4 Å². The van der Waals surface area contributed by atoms with E-state index in [1.807, 2.05) is 12.3 Å². The Bertz CT molecular complexity index is 474. The molecule has 2 fully saturated rings. The van der Waals surface area contributed by atoms with Gasteiger partial charge in [-0.05, 0) is 63.7 Å². The van der Waals surface area contributed by atoms with Crippen LogP contribution in [-0.2, 0) is 6.42 Å². The normalized spacial score (nSPS) is 28.2. The summed E-state index contributed by atoms with van der Waals surface area (Å²) in [5, 5.41) is 0. The van der Waals surface area contributed by atoms with E-state index in [2.05, 4.69) is 34.8 Å². The van der Waals surface area contributed by atoms with Crippen molar-refractivity contribution < 1.29 is 0 Å². The molecule has 0 amide bonds. The summed E-state index contributed by atoms with van der Waals surface area (Å²) in [5.74, 6) is 1.96. The maximum atomic E-state index is 5.99. The zero-order valence-electron chi connectivity index (χ0n) is 13.3. The van der Waals surface area contributed by atoms with Gasteiger partial charge in [0.25, 0.3) is 0 Å². The molecule has 0 aromatic carbocycles. The molecule has 0 aliphatic carbocycles. The first-order chi connectivity index (χ1) is 10.1. The van der Waals surface area contributed by atoms with Crippen LogP contribution in [0.4, 0.5) is 5.82 Å². The number of likely N-dealkylation sites (tertiary alicyclic amines) is 1. The first-order valence-electron chi connectivity index (χ1n) is 8.30. The van der Waals surface area contributed by atoms with Gasteiger partial charge >= 0.3 is 0 Å². The number of hydrogen-bond donors (Lipinski definition) is 1. The first kappa shape index (κ1) is 14.8. The van der Waals surface area contributed by atoms with E-state index in [0.29, 0.717) is 0 Å². The summed E-state index contributed by atoms with van der Waals surface area (Å²) in [5.41, 5.74) is 7.30. The van der Waals surface area contributed by atoms with Crippen LogP contribution in [0.5, 0.6) is 0 Å². The fourth-order valence-corrected chi connectivity index (χ4v) is 4.07. The van der Waals surface area contributed by atoms with Crippen molar-refractivity contribution in [2.75, 3.05) is 31.6 Å². The molecule has 0 spiro atoms. The molecule has 116 valence electrons. The van der Waals surface area contributed by atoms with Crippen LogP contribution in [0.15, 0.2) is 18.3 Å². The van der Waals surface area contributed by atoms with Crippen molar-refractivity contribution in [3.05, 3.63) is 23.9 Å². The molecule has 3 heterocycles. The average molecular weight is 288 g/mol. The average Bonchev–Trinajstić information content (AvgIpc) is 2.47. The lowest BCUT2D eigenvalue weighted by molar-refractivity contribution is 0.102. The van der Waals surface area contributed by atoms with E-state index in [1.165, 1.54) is 37.2 Å². The summed E-state index contributed by atoms with van der Waals surface area (Å²) < 4.78 is 0. The molecular formula is C17H28N4. The Kier molecular flexibility index (Phi) is 4.45. The Labute approximate surface area is 128 Å². The van der Waals surface area contributed by atoms with Crippen LogP contribution < -0.4 is 10.6 Å². The molecule has 0 bridgehead atoms. The van der Waals surface area contributed by atoms with Crippen molar-refractivity contribution in [1.29, 1.82) is 0 Å². The van der Waals surface area contributed by atoms with Gasteiger partial charge in [-0.2, -0.15) is 0 Å². The fourth-order valence-electron chi connectivity index (χ4n) is 4.07. The van der Waals surface area contributed by atoms with Crippen molar-refractivity contribution in [3.8, 4) is 0 Å². The largest absolute Gasteiger partial charge is 0.356 e. The number of hydrogen-bond acceptors (Lipinski definition) is 4. The zero-order valence-corrected chi connectivity index (χ0v) is 13.3. The SMILES string of the molecule is CC(N)Cc1cccnc1N1CCC2C(CCCN2C)C1. The Morgan fingerprint density at radius 3 is 3.05 bits per heavy atom. The fraction of sp³-hybridized carbons (Fsp3) is 0.706. The molecule has 2 aliphatic heterocycles. The number of rotatable bonds is 3. The van der Waals surface area contributed by atoms with Gasteiger partial charge in [0.05, 0.1) is 0 Å². The van der Waals surface area contributed by atoms with Gasteiger partial charge in [0.1, 0.15) is 5.82 Å². The second kappa shape index (κ2) is 6.32. The van der Waals surface area contributed by atoms with Gasteiger partial charge in [-0.3, -0.25) is 0 Å². The molecule has 1 aromatic heterocycles. The first-order valence-corrected chi connectivity index (χ1v) is 8.30. The van der Waals surface area contributed by atoms with Crippen LogP contribution in [0.25, 0.3) is 0 Å². The van der Waals surface area contributed by atoms with Gasteiger partial charge < -0.3 is 15.5 Å². The highest BCUT2D eigenvalue weighted by molar-refractivity contribution is 5.47. The summed E-state index contributed by atoms with van der Waals surface area (Å²) in [6, 6.07) is 5.18. The number of piperidine rings is 2. The number of pyridine rings is 1. The predicted molar refractivity (Wildman–Crippen MR) is 87.6 cm³/mol. The molecule has 4 nitrogen and oxygen atoms in total. The van der Waals surface area contributed by atoms with Crippen LogP contribution >= 0.6 is 0 Å². The number of nitrogens with two attached hydrogens (primary N) is 1. The lowest BCUT2D eigenvalue weighted by atomic mass is 9.84. The summed E-state index contributed by atoms with van der Waals surface area (Å²) in [7, 11) is 2.29. The number of anilines is 1. The number of aromatic nitrogens is 1. The molecule has 3 atom stereocenters. The maximum absolute atomic E-state index is 5.99. The lowest BCUT2D eigenvalue weighted by Crippen LogP contribution is -2.53. The van der Waals surface area contributed by atoms with E-state index >= 15 is 0 Å². The van der Waals surface area contributed by atoms with E-state index in [4.69, 9.17) is 5.73 Å². The van der Waals surface area contributed by atoms with E-state index < -0.39 is 0 Å². The number of nitrogens with zero attached hydrogens (tertiary/aromatic N) is 3. The Balaban J connectivity index is 1.76. The van der Waals surface area contributed by atoms with E-state index in [-0.39, 0.29) is 6.04 Å². The molecule has 2 aliphatic rings. The van der Waals surface area contributed by atoms with Crippen molar-refractivity contribution in [3.63, 3.8) is 0 Å². The second-order valence-electron chi connectivity index (χ2n) is 6.85. The minimum Gasteiger partial charge on any atom is -0.356 e. The molecular weight excluding hydrogens is 260 g/mol. The molecule has 3 unspecified atom stereocenters. The maximum Gasteiger partial charge on any atom is 0.131 e. The van der Waals surface area contributed by atoms with Crippen molar-refractivity contribution >= 4 is 5.82 Å². The molecule has 3 rings (SSSR count). The molecule has 2 saturated heterocycles. The quantitative estimate of drug-likeness (QED) is 0.922. The third-order valence-corrected chi connectivity index (χ3v) is 5.05. The highest BCUT2D eigenvalue weighted by atomic mass is 15.2. The van der Waals surface area contributed by atoms with Crippen molar-refractivity contribution in [2.24, 2.45) is 11.7 Å². The standard InChI is InChI=1S/C17H28N4/c1-13(18)11-14-5-3-8-19-17(14)21-10-7-16-15(12-21)6-4-9-20(16)2/h3,5,8,13,15-16H,4,6-7,9-12,18H2,1-2H3. The van der Waals surface area contributed by atoms with Crippen LogP contribution in [0.3, 0.4) is 0 Å². The van der Waals surface area contributed by atoms with Crippen molar-refractivity contribution in [1.82, 2.24) is 9.88 Å². The van der Waals surface area contributed by atoms with Gasteiger partial charge in [0, 0.05) is 31.4 Å². The smallest absolute Gasteiger partial charge is 0.131 e. The van der Waals surface area contributed by atoms with Crippen LogP contribution in [0, 0.1) is 5.92 Å². The predicted octanol–water partition coefficient (Wildman–Crippen LogP) is 1.89. The highest BCUT2D eigenvalue weighted by Gasteiger charge is 2.35. The van der Waals surface area contributed by atoms with E-state index in [0.717, 1.165) is 31.5 Å². The Hall–Kier alpha value is -1.13. The minimum absolute atomic E-state index is 0.186. The second-order valence-corrected chi connectivity index (χ2v) is 6.85. The third kappa shape index (κ3) is 3.22. The van der Waals surface area contributed by atoms with Crippen LogP contribution in [0.1, 0.15) is 31.7 Å². The summed E-state index contributed by atoms with van der Waals surface area (Å²) in [6.07, 6.45) is 6.78. The molecule has 0 radical (unpaired) electrons. The molecule has 4 heteroatoms. The van der Waals surface area contributed by atoms with E-state index in [1.54, 1.807) is 0 Å². The molecule has 1 aromatic rings. The Morgan fingerprint density at radius 1 is 1.38 bits per heavy atom.